The summed E-state index contributed by atoms with van der Waals surface area (Å²) in [6.07, 6.45) is 0. The van der Waals surface area contributed by atoms with Gasteiger partial charge in [-0.2, -0.15) is 5.10 Å². The second kappa shape index (κ2) is 4.70. The first-order valence-corrected chi connectivity index (χ1v) is 7.60. The van der Waals surface area contributed by atoms with Crippen LogP contribution in [0.1, 0.15) is 16.4 Å². The highest BCUT2D eigenvalue weighted by Gasteiger charge is 2.12. The van der Waals surface area contributed by atoms with Gasteiger partial charge in [0.1, 0.15) is 5.01 Å². The minimum atomic E-state index is -0.446. The van der Waals surface area contributed by atoms with Gasteiger partial charge < -0.3 is 9.73 Å². The van der Waals surface area contributed by atoms with Crippen molar-refractivity contribution in [1.29, 1.82) is 0 Å². The number of oxazole rings is 1. The van der Waals surface area contributed by atoms with Gasteiger partial charge in [-0.05, 0) is 32.0 Å². The summed E-state index contributed by atoms with van der Waals surface area (Å²) in [4.78, 5) is 19.2. The van der Waals surface area contributed by atoms with E-state index in [2.05, 4.69) is 20.4 Å². The molecule has 0 aliphatic carbocycles. The molecule has 112 valence electrons. The Kier molecular flexibility index (Phi) is 2.80. The summed E-state index contributed by atoms with van der Waals surface area (Å²) in [5.74, 6) is -0.446. The van der Waals surface area contributed by atoms with Gasteiger partial charge in [0, 0.05) is 5.69 Å². The van der Waals surface area contributed by atoms with Crippen LogP contribution in [0.3, 0.4) is 0 Å². The molecule has 1 aromatic carbocycles. The third-order valence-electron chi connectivity index (χ3n) is 3.48. The van der Waals surface area contributed by atoms with Crippen molar-refractivity contribution in [2.24, 2.45) is 0 Å². The molecule has 2 N–H and O–H groups in total. The molecule has 4 rings (SSSR count). The largest absolute Gasteiger partial charge is 0.417 e. The molecule has 0 saturated carbocycles. The maximum Gasteiger partial charge on any atom is 0.417 e. The molecule has 0 aliphatic heterocycles. The van der Waals surface area contributed by atoms with Gasteiger partial charge in [0.25, 0.3) is 0 Å². The molecule has 0 spiro atoms. The zero-order valence-corrected chi connectivity index (χ0v) is 12.8. The van der Waals surface area contributed by atoms with E-state index in [1.54, 1.807) is 17.4 Å². The number of benzene rings is 1. The van der Waals surface area contributed by atoms with E-state index in [1.165, 1.54) is 0 Å². The summed E-state index contributed by atoms with van der Waals surface area (Å²) < 4.78 is 6.87. The Morgan fingerprint density at radius 3 is 3.14 bits per heavy atom. The van der Waals surface area contributed by atoms with Crippen LogP contribution >= 0.6 is 11.3 Å². The van der Waals surface area contributed by atoms with Crippen LogP contribution in [-0.4, -0.2) is 19.6 Å². The van der Waals surface area contributed by atoms with Gasteiger partial charge in [0.05, 0.1) is 23.4 Å². The lowest BCUT2D eigenvalue weighted by atomic mass is 10.2. The van der Waals surface area contributed by atoms with E-state index >= 15 is 0 Å². The molecule has 8 heteroatoms. The van der Waals surface area contributed by atoms with Crippen LogP contribution in [0, 0.1) is 13.8 Å². The van der Waals surface area contributed by atoms with Crippen molar-refractivity contribution >= 4 is 33.1 Å². The quantitative estimate of drug-likeness (QED) is 0.606. The van der Waals surface area contributed by atoms with Crippen molar-refractivity contribution in [3.63, 3.8) is 0 Å². The third kappa shape index (κ3) is 2.08. The van der Waals surface area contributed by atoms with Crippen LogP contribution in [-0.2, 0) is 6.54 Å². The standard InChI is InChI=1S/C14H13N5O2S/c1-7-11(19-13(16-7)22-8(2)18-19)6-15-9-3-4-12-10(5-9)17-14(20)21-12/h3-5,15H,6H2,1-2H3,(H,17,20). The maximum absolute atomic E-state index is 11.2. The summed E-state index contributed by atoms with van der Waals surface area (Å²) >= 11 is 1.57. The van der Waals surface area contributed by atoms with Gasteiger partial charge in [-0.3, -0.25) is 4.98 Å². The van der Waals surface area contributed by atoms with E-state index < -0.39 is 5.76 Å². The number of nitrogens with zero attached hydrogens (tertiary/aromatic N) is 3. The minimum absolute atomic E-state index is 0.446. The van der Waals surface area contributed by atoms with Crippen LogP contribution in [0.25, 0.3) is 16.1 Å². The van der Waals surface area contributed by atoms with Crippen LogP contribution in [0.15, 0.2) is 27.4 Å². The lowest BCUT2D eigenvalue weighted by Gasteiger charge is -2.06. The number of nitrogens with one attached hydrogen (secondary N) is 2. The molecule has 3 aromatic heterocycles. The van der Waals surface area contributed by atoms with Crippen molar-refractivity contribution in [1.82, 2.24) is 19.6 Å². The van der Waals surface area contributed by atoms with Crippen LogP contribution in [0.2, 0.25) is 0 Å². The molecule has 0 fully saturated rings. The van der Waals surface area contributed by atoms with E-state index in [0.717, 1.165) is 27.0 Å². The smallest absolute Gasteiger partial charge is 0.408 e. The number of aromatic nitrogens is 4. The highest BCUT2D eigenvalue weighted by Crippen LogP contribution is 2.20. The second-order valence-electron chi connectivity index (χ2n) is 5.04. The molecule has 7 nitrogen and oxygen atoms in total. The average Bonchev–Trinajstić information content (AvgIpc) is 3.07. The number of imidazole rings is 1. The molecule has 0 saturated heterocycles. The number of hydrogen-bond donors (Lipinski definition) is 2. The van der Waals surface area contributed by atoms with E-state index in [4.69, 9.17) is 4.42 Å². The first kappa shape index (κ1) is 13.1. The molecular formula is C14H13N5O2S. The van der Waals surface area contributed by atoms with Gasteiger partial charge >= 0.3 is 5.76 Å². The van der Waals surface area contributed by atoms with Gasteiger partial charge in [-0.25, -0.2) is 14.3 Å². The number of fused-ring (bicyclic) bond motifs is 2. The van der Waals surface area contributed by atoms with Crippen molar-refractivity contribution in [3.8, 4) is 0 Å². The van der Waals surface area contributed by atoms with Gasteiger partial charge in [0.15, 0.2) is 5.58 Å². The highest BCUT2D eigenvalue weighted by atomic mass is 32.1. The van der Waals surface area contributed by atoms with Crippen molar-refractivity contribution in [3.05, 3.63) is 45.1 Å². The molecule has 0 aliphatic rings. The topological polar surface area (TPSA) is 88.2 Å². The Bertz CT molecular complexity index is 1040. The zero-order valence-electron chi connectivity index (χ0n) is 12.0. The summed E-state index contributed by atoms with van der Waals surface area (Å²) in [5, 5.41) is 8.79. The van der Waals surface area contributed by atoms with Gasteiger partial charge in [-0.1, -0.05) is 11.3 Å². The molecule has 3 heterocycles. The average molecular weight is 315 g/mol. The van der Waals surface area contributed by atoms with E-state index in [9.17, 15) is 4.79 Å². The maximum atomic E-state index is 11.2. The number of H-pyrrole nitrogens is 1. The Morgan fingerprint density at radius 1 is 1.41 bits per heavy atom. The van der Waals surface area contributed by atoms with E-state index in [0.29, 0.717) is 17.6 Å². The molecule has 0 atom stereocenters. The molecule has 22 heavy (non-hydrogen) atoms. The molecule has 0 radical (unpaired) electrons. The first-order chi connectivity index (χ1) is 10.6. The number of aromatic amines is 1. The van der Waals surface area contributed by atoms with E-state index in [1.807, 2.05) is 30.5 Å². The zero-order chi connectivity index (χ0) is 15.3. The lowest BCUT2D eigenvalue weighted by Crippen LogP contribution is -2.05. The fraction of sp³-hybridized carbons (Fsp3) is 0.214. The van der Waals surface area contributed by atoms with Gasteiger partial charge in [0.2, 0.25) is 4.96 Å². The summed E-state index contributed by atoms with van der Waals surface area (Å²) in [6.45, 7) is 4.54. The predicted octanol–water partition coefficient (Wildman–Crippen LogP) is 2.45. The van der Waals surface area contributed by atoms with Gasteiger partial charge in [-0.15, -0.1) is 0 Å². The van der Waals surface area contributed by atoms with Crippen molar-refractivity contribution in [2.45, 2.75) is 20.4 Å². The monoisotopic (exact) mass is 315 g/mol. The summed E-state index contributed by atoms with van der Waals surface area (Å²) in [5.41, 5.74) is 4.11. The fourth-order valence-electron chi connectivity index (χ4n) is 2.44. The van der Waals surface area contributed by atoms with Crippen molar-refractivity contribution in [2.75, 3.05) is 5.32 Å². The number of hydrogen-bond acceptors (Lipinski definition) is 6. The van der Waals surface area contributed by atoms with Crippen LogP contribution < -0.4 is 11.1 Å². The molecule has 0 amide bonds. The van der Waals surface area contributed by atoms with Crippen molar-refractivity contribution < 1.29 is 4.42 Å². The molecule has 0 bridgehead atoms. The van der Waals surface area contributed by atoms with Crippen LogP contribution in [0.5, 0.6) is 0 Å². The highest BCUT2D eigenvalue weighted by molar-refractivity contribution is 7.16. The molecule has 4 aromatic rings. The van der Waals surface area contributed by atoms with Crippen LogP contribution in [0.4, 0.5) is 5.69 Å². The molecule has 0 unspecified atom stereocenters. The molecular weight excluding hydrogens is 302 g/mol. The number of rotatable bonds is 3. The minimum Gasteiger partial charge on any atom is -0.408 e. The Labute approximate surface area is 128 Å². The summed E-state index contributed by atoms with van der Waals surface area (Å²) in [7, 11) is 0. The lowest BCUT2D eigenvalue weighted by molar-refractivity contribution is 0.555. The normalized spacial score (nSPS) is 11.5. The Hall–Kier alpha value is -2.61. The fourth-order valence-corrected chi connectivity index (χ4v) is 3.24. The summed E-state index contributed by atoms with van der Waals surface area (Å²) in [6, 6.07) is 5.49. The van der Waals surface area contributed by atoms with E-state index in [-0.39, 0.29) is 0 Å². The number of aryl methyl sites for hydroxylation is 2. The Morgan fingerprint density at radius 2 is 2.27 bits per heavy atom. The first-order valence-electron chi connectivity index (χ1n) is 6.78. The predicted molar refractivity (Wildman–Crippen MR) is 84.5 cm³/mol. The SMILES string of the molecule is Cc1nn2c(CNc3ccc4oc(=O)[nH]c4c3)c(C)nc2s1. The third-order valence-corrected chi connectivity index (χ3v) is 4.30. The Balaban J connectivity index is 1.64. The number of anilines is 1. The second-order valence-corrected chi connectivity index (χ2v) is 6.20.